The van der Waals surface area contributed by atoms with Crippen molar-refractivity contribution in [3.05, 3.63) is 35.9 Å². The molecule has 0 aliphatic rings. The molecule has 106 valence electrons. The third kappa shape index (κ3) is 5.01. The number of esters is 1. The zero-order valence-electron chi connectivity index (χ0n) is 12.0. The van der Waals surface area contributed by atoms with E-state index < -0.39 is 0 Å². The molecule has 1 aromatic carbocycles. The van der Waals surface area contributed by atoms with Gasteiger partial charge in [0.1, 0.15) is 0 Å². The first kappa shape index (κ1) is 15.7. The highest BCUT2D eigenvalue weighted by molar-refractivity contribution is 5.71. The number of rotatable bonds is 7. The number of nitrogens with zero attached hydrogens (tertiary/aromatic N) is 1. The molecule has 0 saturated carbocycles. The normalized spacial score (nSPS) is 12.7. The van der Waals surface area contributed by atoms with Crippen LogP contribution >= 0.6 is 0 Å². The lowest BCUT2D eigenvalue weighted by molar-refractivity contribution is -0.142. The van der Waals surface area contributed by atoms with Crippen LogP contribution in [0.2, 0.25) is 0 Å². The monoisotopic (exact) mass is 264 g/mol. The summed E-state index contributed by atoms with van der Waals surface area (Å²) in [5, 5.41) is 0. The van der Waals surface area contributed by atoms with E-state index in [0.717, 1.165) is 6.54 Å². The van der Waals surface area contributed by atoms with Crippen molar-refractivity contribution in [1.29, 1.82) is 0 Å². The van der Waals surface area contributed by atoms with E-state index in [4.69, 9.17) is 10.5 Å². The predicted molar refractivity (Wildman–Crippen MR) is 77.0 cm³/mol. The summed E-state index contributed by atoms with van der Waals surface area (Å²) < 4.78 is 4.74. The van der Waals surface area contributed by atoms with E-state index in [1.165, 1.54) is 12.7 Å². The molecule has 0 aromatic heterocycles. The van der Waals surface area contributed by atoms with Crippen molar-refractivity contribution in [1.82, 2.24) is 4.90 Å². The molecule has 0 aliphatic heterocycles. The SMILES string of the molecule is COC(=O)CN(CC(CN)c1ccccc1)C(C)C. The fourth-order valence-electron chi connectivity index (χ4n) is 2.01. The largest absolute Gasteiger partial charge is 0.468 e. The third-order valence-electron chi connectivity index (χ3n) is 3.30. The quantitative estimate of drug-likeness (QED) is 0.760. The van der Waals surface area contributed by atoms with Crippen molar-refractivity contribution >= 4 is 5.97 Å². The molecule has 19 heavy (non-hydrogen) atoms. The minimum atomic E-state index is -0.211. The summed E-state index contributed by atoms with van der Waals surface area (Å²) >= 11 is 0. The Labute approximate surface area is 115 Å². The van der Waals surface area contributed by atoms with Gasteiger partial charge in [0.05, 0.1) is 13.7 Å². The van der Waals surface area contributed by atoms with Crippen LogP contribution in [0.3, 0.4) is 0 Å². The number of carbonyl (C=O) groups excluding carboxylic acids is 1. The number of hydrogen-bond donors (Lipinski definition) is 1. The second-order valence-electron chi connectivity index (χ2n) is 4.94. The van der Waals surface area contributed by atoms with E-state index in [0.29, 0.717) is 13.1 Å². The molecular weight excluding hydrogens is 240 g/mol. The summed E-state index contributed by atoms with van der Waals surface area (Å²) in [5.41, 5.74) is 7.08. The van der Waals surface area contributed by atoms with Gasteiger partial charge in [0.25, 0.3) is 0 Å². The van der Waals surface area contributed by atoms with Gasteiger partial charge in [0.2, 0.25) is 0 Å². The highest BCUT2D eigenvalue weighted by atomic mass is 16.5. The Morgan fingerprint density at radius 1 is 1.32 bits per heavy atom. The molecule has 4 nitrogen and oxygen atoms in total. The zero-order valence-corrected chi connectivity index (χ0v) is 12.0. The van der Waals surface area contributed by atoms with Gasteiger partial charge in [-0.25, -0.2) is 0 Å². The van der Waals surface area contributed by atoms with Gasteiger partial charge >= 0.3 is 5.97 Å². The highest BCUT2D eigenvalue weighted by Crippen LogP contribution is 2.17. The van der Waals surface area contributed by atoms with Crippen LogP contribution in [0.4, 0.5) is 0 Å². The van der Waals surface area contributed by atoms with E-state index in [2.05, 4.69) is 30.9 Å². The summed E-state index contributed by atoms with van der Waals surface area (Å²) in [4.78, 5) is 13.5. The first-order chi connectivity index (χ1) is 9.08. The predicted octanol–water partition coefficient (Wildman–Crippen LogP) is 1.61. The number of ether oxygens (including phenoxy) is 1. The molecule has 1 aromatic rings. The number of nitrogens with two attached hydrogens (primary N) is 1. The topological polar surface area (TPSA) is 55.6 Å². The Hall–Kier alpha value is -1.39. The molecule has 0 saturated heterocycles. The molecule has 1 rings (SSSR count). The number of benzene rings is 1. The number of methoxy groups -OCH3 is 1. The van der Waals surface area contributed by atoms with Gasteiger partial charge in [0, 0.05) is 25.0 Å². The molecule has 4 heteroatoms. The van der Waals surface area contributed by atoms with Crippen LogP contribution in [0.1, 0.15) is 25.3 Å². The molecule has 0 fully saturated rings. The van der Waals surface area contributed by atoms with Crippen molar-refractivity contribution in [2.24, 2.45) is 5.73 Å². The molecule has 0 spiro atoms. The molecule has 0 aliphatic carbocycles. The van der Waals surface area contributed by atoms with Crippen molar-refractivity contribution in [3.8, 4) is 0 Å². The van der Waals surface area contributed by atoms with Gasteiger partial charge in [-0.15, -0.1) is 0 Å². The maximum absolute atomic E-state index is 11.4. The van der Waals surface area contributed by atoms with Crippen molar-refractivity contribution < 1.29 is 9.53 Å². The molecule has 0 heterocycles. The van der Waals surface area contributed by atoms with Crippen LogP contribution in [-0.4, -0.2) is 43.7 Å². The van der Waals surface area contributed by atoms with Crippen molar-refractivity contribution in [2.45, 2.75) is 25.8 Å². The van der Waals surface area contributed by atoms with Gasteiger partial charge in [-0.1, -0.05) is 30.3 Å². The fourth-order valence-corrected chi connectivity index (χ4v) is 2.01. The molecular formula is C15H24N2O2. The standard InChI is InChI=1S/C15H24N2O2/c1-12(2)17(11-15(18)19-3)10-14(9-16)13-7-5-4-6-8-13/h4-8,12,14H,9-11,16H2,1-3H3. The Morgan fingerprint density at radius 2 is 1.95 bits per heavy atom. The van der Waals surface area contributed by atoms with E-state index in [-0.39, 0.29) is 17.9 Å². The average Bonchev–Trinajstić information content (AvgIpc) is 2.43. The number of carbonyl (C=O) groups is 1. The lowest BCUT2D eigenvalue weighted by Gasteiger charge is -2.29. The lowest BCUT2D eigenvalue weighted by Crippen LogP contribution is -2.40. The van der Waals surface area contributed by atoms with Crippen LogP contribution in [0.5, 0.6) is 0 Å². The first-order valence-corrected chi connectivity index (χ1v) is 6.64. The third-order valence-corrected chi connectivity index (χ3v) is 3.30. The minimum absolute atomic E-state index is 0.211. The van der Waals surface area contributed by atoms with Crippen LogP contribution in [0.15, 0.2) is 30.3 Å². The van der Waals surface area contributed by atoms with Crippen molar-refractivity contribution in [3.63, 3.8) is 0 Å². The van der Waals surface area contributed by atoms with Gasteiger partial charge in [-0.3, -0.25) is 9.69 Å². The fraction of sp³-hybridized carbons (Fsp3) is 0.533. The second kappa shape index (κ2) is 7.92. The Balaban J connectivity index is 2.73. The van der Waals surface area contributed by atoms with E-state index in [9.17, 15) is 4.79 Å². The van der Waals surface area contributed by atoms with Gasteiger partial charge in [0.15, 0.2) is 0 Å². The van der Waals surface area contributed by atoms with Crippen LogP contribution in [-0.2, 0) is 9.53 Å². The average molecular weight is 264 g/mol. The maximum atomic E-state index is 11.4. The van der Waals surface area contributed by atoms with E-state index in [1.807, 2.05) is 18.2 Å². The summed E-state index contributed by atoms with van der Waals surface area (Å²) in [5.74, 6) is 0.0192. The van der Waals surface area contributed by atoms with Crippen LogP contribution < -0.4 is 5.73 Å². The molecule has 1 unspecified atom stereocenters. The zero-order chi connectivity index (χ0) is 14.3. The van der Waals surface area contributed by atoms with Gasteiger partial charge < -0.3 is 10.5 Å². The number of hydrogen-bond acceptors (Lipinski definition) is 4. The molecule has 0 bridgehead atoms. The maximum Gasteiger partial charge on any atom is 0.319 e. The summed E-state index contributed by atoms with van der Waals surface area (Å²) in [6.07, 6.45) is 0. The molecule has 2 N–H and O–H groups in total. The smallest absolute Gasteiger partial charge is 0.319 e. The molecule has 1 atom stereocenters. The lowest BCUT2D eigenvalue weighted by atomic mass is 9.98. The second-order valence-corrected chi connectivity index (χ2v) is 4.94. The van der Waals surface area contributed by atoms with E-state index in [1.54, 1.807) is 0 Å². The van der Waals surface area contributed by atoms with E-state index >= 15 is 0 Å². The minimum Gasteiger partial charge on any atom is -0.468 e. The Morgan fingerprint density at radius 3 is 2.42 bits per heavy atom. The summed E-state index contributed by atoms with van der Waals surface area (Å²) in [6.45, 7) is 5.77. The van der Waals surface area contributed by atoms with Gasteiger partial charge in [-0.2, -0.15) is 0 Å². The van der Waals surface area contributed by atoms with Crippen molar-refractivity contribution in [2.75, 3.05) is 26.7 Å². The van der Waals surface area contributed by atoms with Crippen LogP contribution in [0, 0.1) is 0 Å². The Bertz CT molecular complexity index is 379. The van der Waals surface area contributed by atoms with Gasteiger partial charge in [-0.05, 0) is 19.4 Å². The first-order valence-electron chi connectivity index (χ1n) is 6.64. The highest BCUT2D eigenvalue weighted by Gasteiger charge is 2.19. The summed E-state index contributed by atoms with van der Waals surface area (Å²) in [6, 6.07) is 10.4. The molecule has 0 amide bonds. The Kier molecular flexibility index (Phi) is 6.53. The summed E-state index contributed by atoms with van der Waals surface area (Å²) in [7, 11) is 1.42. The molecule has 0 radical (unpaired) electrons. The van der Waals surface area contributed by atoms with Crippen LogP contribution in [0.25, 0.3) is 0 Å².